The quantitative estimate of drug-likeness (QED) is 0.224. The summed E-state index contributed by atoms with van der Waals surface area (Å²) in [5.41, 5.74) is 14.9. The lowest BCUT2D eigenvalue weighted by atomic mass is 9.63. The maximum atomic E-state index is 6.99. The Bertz CT molecular complexity index is 1650. The summed E-state index contributed by atoms with van der Waals surface area (Å²) in [5.74, 6) is 0. The van der Waals surface area contributed by atoms with Gasteiger partial charge in [-0.05, 0) is 148 Å². The zero-order valence-corrected chi connectivity index (χ0v) is 29.3. The van der Waals surface area contributed by atoms with Crippen LogP contribution in [0.3, 0.4) is 0 Å². The standard InChI is InChI=1S/C42H50ClN/c1-27-12-11-13-28(2)38(27)29-22-30(43)24-33(23-29)44(31-14-16-34-36(25-31)41(7,8)20-18-39(34,3)4)32-15-17-35-37(26-32)42(9,10)21-19-40(35,5)6/h11-17,22-26H,18-21H2,1-10H3. The Hall–Kier alpha value is -3.03. The molecule has 230 valence electrons. The average molecular weight is 604 g/mol. The Morgan fingerprint density at radius 3 is 1.39 bits per heavy atom. The third-order valence-corrected chi connectivity index (χ3v) is 11.3. The molecule has 0 aromatic heterocycles. The molecule has 0 saturated carbocycles. The monoisotopic (exact) mass is 603 g/mol. The van der Waals surface area contributed by atoms with Gasteiger partial charge in [0.15, 0.2) is 0 Å². The van der Waals surface area contributed by atoms with Gasteiger partial charge in [0.2, 0.25) is 0 Å². The number of fused-ring (bicyclic) bond motifs is 2. The van der Waals surface area contributed by atoms with Crippen molar-refractivity contribution < 1.29 is 0 Å². The van der Waals surface area contributed by atoms with Crippen LogP contribution < -0.4 is 4.90 Å². The average Bonchev–Trinajstić information content (AvgIpc) is 2.94. The highest BCUT2D eigenvalue weighted by atomic mass is 35.5. The van der Waals surface area contributed by atoms with Crippen LogP contribution in [0.5, 0.6) is 0 Å². The smallest absolute Gasteiger partial charge is 0.0482 e. The van der Waals surface area contributed by atoms with E-state index < -0.39 is 0 Å². The van der Waals surface area contributed by atoms with Crippen LogP contribution in [0, 0.1) is 13.8 Å². The maximum absolute atomic E-state index is 6.99. The number of halogens is 1. The summed E-state index contributed by atoms with van der Waals surface area (Å²) in [6.07, 6.45) is 4.79. The van der Waals surface area contributed by atoms with Gasteiger partial charge in [-0.15, -0.1) is 0 Å². The molecular formula is C42H50ClN. The highest BCUT2D eigenvalue weighted by Gasteiger charge is 2.39. The van der Waals surface area contributed by atoms with Gasteiger partial charge in [0, 0.05) is 22.1 Å². The first-order valence-electron chi connectivity index (χ1n) is 16.5. The van der Waals surface area contributed by atoms with Crippen LogP contribution in [-0.2, 0) is 21.7 Å². The van der Waals surface area contributed by atoms with Crippen LogP contribution in [0.4, 0.5) is 17.1 Å². The van der Waals surface area contributed by atoms with Crippen LogP contribution >= 0.6 is 11.6 Å². The van der Waals surface area contributed by atoms with Crippen molar-refractivity contribution in [1.29, 1.82) is 0 Å². The molecule has 0 bridgehead atoms. The lowest BCUT2D eigenvalue weighted by Gasteiger charge is -2.43. The molecule has 0 heterocycles. The molecular weight excluding hydrogens is 554 g/mol. The van der Waals surface area contributed by atoms with Crippen molar-refractivity contribution >= 4 is 28.7 Å². The summed E-state index contributed by atoms with van der Waals surface area (Å²) in [5, 5.41) is 0.754. The van der Waals surface area contributed by atoms with Gasteiger partial charge in [-0.1, -0.05) is 97.3 Å². The predicted molar refractivity (Wildman–Crippen MR) is 192 cm³/mol. The first kappa shape index (κ1) is 31.0. The van der Waals surface area contributed by atoms with Gasteiger partial charge in [-0.25, -0.2) is 0 Å². The van der Waals surface area contributed by atoms with Crippen molar-refractivity contribution in [3.05, 3.63) is 111 Å². The molecule has 0 saturated heterocycles. The molecule has 0 fully saturated rings. The Morgan fingerprint density at radius 1 is 0.500 bits per heavy atom. The minimum Gasteiger partial charge on any atom is -0.310 e. The molecule has 4 aromatic carbocycles. The number of anilines is 3. The summed E-state index contributed by atoms with van der Waals surface area (Å²) in [4.78, 5) is 2.46. The molecule has 0 N–H and O–H groups in total. The van der Waals surface area contributed by atoms with E-state index in [2.05, 4.69) is 147 Å². The van der Waals surface area contributed by atoms with Crippen LogP contribution in [0.1, 0.15) is 114 Å². The van der Waals surface area contributed by atoms with Crippen LogP contribution in [0.2, 0.25) is 5.02 Å². The van der Waals surface area contributed by atoms with E-state index in [1.807, 2.05) is 0 Å². The van der Waals surface area contributed by atoms with E-state index in [-0.39, 0.29) is 21.7 Å². The molecule has 0 unspecified atom stereocenters. The number of nitrogens with zero attached hydrogens (tertiary/aromatic N) is 1. The summed E-state index contributed by atoms with van der Waals surface area (Å²) >= 11 is 6.99. The van der Waals surface area contributed by atoms with Gasteiger partial charge in [0.1, 0.15) is 0 Å². The Kier molecular flexibility index (Phi) is 7.40. The van der Waals surface area contributed by atoms with E-state index in [9.17, 15) is 0 Å². The Labute approximate surface area is 271 Å². The molecule has 0 spiro atoms. The normalized spacial score (nSPS) is 19.2. The molecule has 0 atom stereocenters. The third-order valence-electron chi connectivity index (χ3n) is 11.1. The molecule has 0 aliphatic heterocycles. The first-order chi connectivity index (χ1) is 20.5. The van der Waals surface area contributed by atoms with Crippen molar-refractivity contribution in [1.82, 2.24) is 0 Å². The number of hydrogen-bond acceptors (Lipinski definition) is 1. The molecule has 0 radical (unpaired) electrons. The molecule has 2 aliphatic rings. The highest BCUT2D eigenvalue weighted by molar-refractivity contribution is 6.31. The fourth-order valence-corrected chi connectivity index (χ4v) is 8.23. The van der Waals surface area contributed by atoms with Crippen LogP contribution in [0.15, 0.2) is 72.8 Å². The van der Waals surface area contributed by atoms with E-state index in [4.69, 9.17) is 11.6 Å². The fourth-order valence-electron chi connectivity index (χ4n) is 8.00. The molecule has 1 nitrogen and oxygen atoms in total. The molecule has 2 heteroatoms. The van der Waals surface area contributed by atoms with E-state index in [1.165, 1.54) is 76.0 Å². The minimum absolute atomic E-state index is 0.117. The second-order valence-corrected chi connectivity index (χ2v) is 16.7. The van der Waals surface area contributed by atoms with Crippen molar-refractivity contribution in [2.45, 2.75) is 117 Å². The molecule has 0 amide bonds. The Morgan fingerprint density at radius 2 is 0.932 bits per heavy atom. The number of aryl methyl sites for hydroxylation is 2. The van der Waals surface area contributed by atoms with Crippen LogP contribution in [0.25, 0.3) is 11.1 Å². The van der Waals surface area contributed by atoms with E-state index in [1.54, 1.807) is 0 Å². The lowest BCUT2D eigenvalue weighted by molar-refractivity contribution is 0.332. The predicted octanol–water partition coefficient (Wildman–Crippen LogP) is 12.8. The number of hydrogen-bond donors (Lipinski definition) is 0. The van der Waals surface area contributed by atoms with Crippen molar-refractivity contribution in [2.75, 3.05) is 4.90 Å². The van der Waals surface area contributed by atoms with Gasteiger partial charge in [0.25, 0.3) is 0 Å². The van der Waals surface area contributed by atoms with E-state index in [0.29, 0.717) is 0 Å². The van der Waals surface area contributed by atoms with E-state index in [0.717, 1.165) is 16.3 Å². The summed E-state index contributed by atoms with van der Waals surface area (Å²) in [6, 6.07) is 27.6. The highest BCUT2D eigenvalue weighted by Crippen LogP contribution is 2.51. The SMILES string of the molecule is Cc1cccc(C)c1-c1cc(Cl)cc(N(c2ccc3c(c2)C(C)(C)CCC3(C)C)c2ccc3c(c2)C(C)(C)CCC3(C)C)c1. The number of rotatable bonds is 4. The van der Waals surface area contributed by atoms with Crippen molar-refractivity contribution in [3.63, 3.8) is 0 Å². The molecule has 2 aliphatic carbocycles. The summed E-state index contributed by atoms with van der Waals surface area (Å²) in [7, 11) is 0. The summed E-state index contributed by atoms with van der Waals surface area (Å²) in [6.45, 7) is 23.7. The lowest BCUT2D eigenvalue weighted by Crippen LogP contribution is -2.34. The minimum atomic E-state index is 0.117. The van der Waals surface area contributed by atoms with E-state index >= 15 is 0 Å². The largest absolute Gasteiger partial charge is 0.310 e. The van der Waals surface area contributed by atoms with Crippen molar-refractivity contribution in [3.8, 4) is 11.1 Å². The van der Waals surface area contributed by atoms with Gasteiger partial charge in [-0.2, -0.15) is 0 Å². The Balaban J connectivity index is 1.62. The molecule has 4 aromatic rings. The van der Waals surface area contributed by atoms with Gasteiger partial charge >= 0.3 is 0 Å². The van der Waals surface area contributed by atoms with Gasteiger partial charge in [0.05, 0.1) is 0 Å². The summed E-state index contributed by atoms with van der Waals surface area (Å²) < 4.78 is 0. The second-order valence-electron chi connectivity index (χ2n) is 16.3. The zero-order valence-electron chi connectivity index (χ0n) is 28.6. The molecule has 6 rings (SSSR count). The van der Waals surface area contributed by atoms with Gasteiger partial charge in [-0.3, -0.25) is 0 Å². The number of benzene rings is 4. The third kappa shape index (κ3) is 5.30. The fraction of sp³-hybridized carbons (Fsp3) is 0.429. The van der Waals surface area contributed by atoms with Gasteiger partial charge < -0.3 is 4.90 Å². The van der Waals surface area contributed by atoms with Crippen LogP contribution in [-0.4, -0.2) is 0 Å². The van der Waals surface area contributed by atoms with Crippen molar-refractivity contribution in [2.24, 2.45) is 0 Å². The topological polar surface area (TPSA) is 3.24 Å². The first-order valence-corrected chi connectivity index (χ1v) is 16.9. The molecule has 44 heavy (non-hydrogen) atoms. The maximum Gasteiger partial charge on any atom is 0.0482 e. The second kappa shape index (κ2) is 10.5. The zero-order chi connectivity index (χ0) is 31.8.